The van der Waals surface area contributed by atoms with Crippen LogP contribution in [0, 0.1) is 27.7 Å². The number of rotatable bonds is 5. The van der Waals surface area contributed by atoms with Gasteiger partial charge in [0.25, 0.3) is 0 Å². The van der Waals surface area contributed by atoms with Gasteiger partial charge in [-0.3, -0.25) is 9.48 Å². The number of carbonyl (C=O) groups is 1. The zero-order valence-electron chi connectivity index (χ0n) is 13.7. The van der Waals surface area contributed by atoms with Gasteiger partial charge in [0.15, 0.2) is 0 Å². The molecule has 0 fully saturated rings. The van der Waals surface area contributed by atoms with Gasteiger partial charge in [0, 0.05) is 25.6 Å². The van der Waals surface area contributed by atoms with E-state index < -0.39 is 0 Å². The second kappa shape index (κ2) is 6.25. The predicted octanol–water partition coefficient (Wildman–Crippen LogP) is 3.40. The van der Waals surface area contributed by atoms with Gasteiger partial charge in [-0.25, -0.2) is 0 Å². The van der Waals surface area contributed by atoms with Crippen molar-refractivity contribution < 1.29 is 4.79 Å². The van der Waals surface area contributed by atoms with Gasteiger partial charge in [-0.1, -0.05) is 18.2 Å². The van der Waals surface area contributed by atoms with Crippen molar-refractivity contribution in [1.29, 1.82) is 0 Å². The van der Waals surface area contributed by atoms with Crippen LogP contribution in [0.3, 0.4) is 0 Å². The largest absolute Gasteiger partial charge is 0.299 e. The summed E-state index contributed by atoms with van der Waals surface area (Å²) in [5.74, 6) is 0.301. The maximum absolute atomic E-state index is 12.3. The van der Waals surface area contributed by atoms with Crippen LogP contribution >= 0.6 is 0 Å². The Morgan fingerprint density at radius 2 is 1.71 bits per heavy atom. The van der Waals surface area contributed by atoms with Crippen molar-refractivity contribution in [3.05, 3.63) is 51.8 Å². The molecule has 0 atom stereocenters. The summed E-state index contributed by atoms with van der Waals surface area (Å²) in [6.07, 6.45) is 1.91. The van der Waals surface area contributed by atoms with Gasteiger partial charge in [-0.2, -0.15) is 5.10 Å². The zero-order chi connectivity index (χ0) is 15.6. The molecule has 3 nitrogen and oxygen atoms in total. The molecule has 0 spiro atoms. The van der Waals surface area contributed by atoms with Crippen molar-refractivity contribution in [2.45, 2.75) is 47.0 Å². The van der Waals surface area contributed by atoms with Crippen LogP contribution in [0.5, 0.6) is 0 Å². The summed E-state index contributed by atoms with van der Waals surface area (Å²) in [5.41, 5.74) is 7.01. The van der Waals surface area contributed by atoms with Crippen LogP contribution in [0.15, 0.2) is 18.2 Å². The molecule has 2 rings (SSSR count). The van der Waals surface area contributed by atoms with Gasteiger partial charge in [0.05, 0.1) is 5.69 Å². The number of aryl methyl sites for hydroxylation is 4. The number of ketones is 1. The second-order valence-corrected chi connectivity index (χ2v) is 5.86. The smallest absolute Gasteiger partial charge is 0.137 e. The Labute approximate surface area is 127 Å². The molecular formula is C18H24N2O. The molecular weight excluding hydrogens is 260 g/mol. The van der Waals surface area contributed by atoms with E-state index in [4.69, 9.17) is 0 Å². The van der Waals surface area contributed by atoms with Crippen LogP contribution in [0.25, 0.3) is 0 Å². The molecule has 2 aromatic rings. The lowest BCUT2D eigenvalue weighted by molar-refractivity contribution is -0.118. The molecule has 0 radical (unpaired) electrons. The molecule has 0 aliphatic carbocycles. The summed E-state index contributed by atoms with van der Waals surface area (Å²) in [6.45, 7) is 8.22. The van der Waals surface area contributed by atoms with E-state index in [1.54, 1.807) is 0 Å². The standard InChI is InChI=1S/C18H24N2O/c1-12-7-6-8-13(2)18(12)11-16(21)9-10-17-14(3)19-20(5)15(17)4/h6-8H,9-11H2,1-5H3. The van der Waals surface area contributed by atoms with Crippen LogP contribution < -0.4 is 0 Å². The summed E-state index contributed by atoms with van der Waals surface area (Å²) < 4.78 is 1.89. The highest BCUT2D eigenvalue weighted by molar-refractivity contribution is 5.81. The third kappa shape index (κ3) is 3.41. The fraction of sp³-hybridized carbons (Fsp3) is 0.444. The van der Waals surface area contributed by atoms with Crippen molar-refractivity contribution in [1.82, 2.24) is 9.78 Å². The maximum atomic E-state index is 12.3. The zero-order valence-corrected chi connectivity index (χ0v) is 13.7. The summed E-state index contributed by atoms with van der Waals surface area (Å²) in [6, 6.07) is 6.19. The number of carbonyl (C=O) groups excluding carboxylic acids is 1. The highest BCUT2D eigenvalue weighted by Gasteiger charge is 2.13. The first-order chi connectivity index (χ1) is 9.90. The minimum atomic E-state index is 0.301. The fourth-order valence-electron chi connectivity index (χ4n) is 2.86. The average Bonchev–Trinajstić information content (AvgIpc) is 2.66. The molecule has 1 aromatic carbocycles. The molecule has 0 saturated carbocycles. The maximum Gasteiger partial charge on any atom is 0.137 e. The first-order valence-corrected chi connectivity index (χ1v) is 7.46. The van der Waals surface area contributed by atoms with Gasteiger partial charge >= 0.3 is 0 Å². The third-order valence-electron chi connectivity index (χ3n) is 4.33. The van der Waals surface area contributed by atoms with Gasteiger partial charge in [-0.05, 0) is 56.4 Å². The van der Waals surface area contributed by atoms with Crippen molar-refractivity contribution in [2.75, 3.05) is 0 Å². The molecule has 0 aliphatic heterocycles. The van der Waals surface area contributed by atoms with E-state index in [2.05, 4.69) is 38.0 Å². The third-order valence-corrected chi connectivity index (χ3v) is 4.33. The molecule has 21 heavy (non-hydrogen) atoms. The van der Waals surface area contributed by atoms with E-state index in [9.17, 15) is 4.79 Å². The summed E-state index contributed by atoms with van der Waals surface area (Å²) in [4.78, 5) is 12.3. The second-order valence-electron chi connectivity index (χ2n) is 5.86. The highest BCUT2D eigenvalue weighted by atomic mass is 16.1. The molecule has 0 aliphatic rings. The summed E-state index contributed by atoms with van der Waals surface area (Å²) in [5, 5.41) is 4.41. The summed E-state index contributed by atoms with van der Waals surface area (Å²) >= 11 is 0. The van der Waals surface area contributed by atoms with E-state index in [-0.39, 0.29) is 0 Å². The van der Waals surface area contributed by atoms with Crippen LogP contribution in [-0.4, -0.2) is 15.6 Å². The highest BCUT2D eigenvalue weighted by Crippen LogP contribution is 2.17. The average molecular weight is 284 g/mol. The normalized spacial score (nSPS) is 10.9. The summed E-state index contributed by atoms with van der Waals surface area (Å²) in [7, 11) is 1.95. The number of benzene rings is 1. The predicted molar refractivity (Wildman–Crippen MR) is 85.6 cm³/mol. The molecule has 112 valence electrons. The lowest BCUT2D eigenvalue weighted by Crippen LogP contribution is -2.07. The lowest BCUT2D eigenvalue weighted by Gasteiger charge is -2.09. The van der Waals surface area contributed by atoms with E-state index in [1.165, 1.54) is 22.3 Å². The number of Topliss-reactive ketones (excluding diaryl/α,β-unsaturated/α-hetero) is 1. The first-order valence-electron chi connectivity index (χ1n) is 7.46. The number of nitrogens with zero attached hydrogens (tertiary/aromatic N) is 2. The van der Waals surface area contributed by atoms with Crippen molar-refractivity contribution in [3.8, 4) is 0 Å². The van der Waals surface area contributed by atoms with Crippen molar-refractivity contribution in [3.63, 3.8) is 0 Å². The van der Waals surface area contributed by atoms with Crippen molar-refractivity contribution >= 4 is 5.78 Å². The monoisotopic (exact) mass is 284 g/mol. The Balaban J connectivity index is 2.03. The minimum Gasteiger partial charge on any atom is -0.299 e. The number of hydrogen-bond acceptors (Lipinski definition) is 2. The molecule has 0 saturated heterocycles. The Morgan fingerprint density at radius 3 is 2.24 bits per heavy atom. The molecule has 0 bridgehead atoms. The molecule has 1 heterocycles. The van der Waals surface area contributed by atoms with E-state index >= 15 is 0 Å². The minimum absolute atomic E-state index is 0.301. The van der Waals surface area contributed by atoms with Gasteiger partial charge in [0.2, 0.25) is 0 Å². The Hall–Kier alpha value is -1.90. The SMILES string of the molecule is Cc1cccc(C)c1CC(=O)CCc1c(C)nn(C)c1C. The van der Waals surface area contributed by atoms with Crippen LogP contribution in [0.1, 0.15) is 40.1 Å². The topological polar surface area (TPSA) is 34.9 Å². The van der Waals surface area contributed by atoms with Gasteiger partial charge < -0.3 is 0 Å². The van der Waals surface area contributed by atoms with E-state index in [0.29, 0.717) is 18.6 Å². The van der Waals surface area contributed by atoms with Crippen LogP contribution in [-0.2, 0) is 24.7 Å². The van der Waals surface area contributed by atoms with E-state index in [0.717, 1.165) is 17.8 Å². The molecule has 1 aromatic heterocycles. The molecule has 0 N–H and O–H groups in total. The lowest BCUT2D eigenvalue weighted by atomic mass is 9.95. The molecule has 3 heteroatoms. The van der Waals surface area contributed by atoms with E-state index in [1.807, 2.05) is 24.7 Å². The van der Waals surface area contributed by atoms with Crippen LogP contribution in [0.2, 0.25) is 0 Å². The molecule has 0 unspecified atom stereocenters. The Morgan fingerprint density at radius 1 is 1.10 bits per heavy atom. The Bertz CT molecular complexity index is 648. The Kier molecular flexibility index (Phi) is 4.61. The number of aromatic nitrogens is 2. The fourth-order valence-corrected chi connectivity index (χ4v) is 2.86. The first kappa shape index (κ1) is 15.5. The van der Waals surface area contributed by atoms with Crippen molar-refractivity contribution in [2.24, 2.45) is 7.05 Å². The number of hydrogen-bond donors (Lipinski definition) is 0. The van der Waals surface area contributed by atoms with Gasteiger partial charge in [-0.15, -0.1) is 0 Å². The van der Waals surface area contributed by atoms with Crippen LogP contribution in [0.4, 0.5) is 0 Å². The quantitative estimate of drug-likeness (QED) is 0.843. The van der Waals surface area contributed by atoms with Gasteiger partial charge in [0.1, 0.15) is 5.78 Å². The molecule has 0 amide bonds.